The normalized spacial score (nSPS) is 13.0. The summed E-state index contributed by atoms with van der Waals surface area (Å²) in [7, 11) is 0. The van der Waals surface area contributed by atoms with Gasteiger partial charge in [-0.05, 0) is 19.1 Å². The Balaban J connectivity index is 2.93. The number of hydrogen-bond acceptors (Lipinski definition) is 1. The van der Waals surface area contributed by atoms with Crippen LogP contribution in [0.5, 0.6) is 0 Å². The van der Waals surface area contributed by atoms with Gasteiger partial charge < -0.3 is 5.73 Å². The molecule has 1 aromatic carbocycles. The lowest BCUT2D eigenvalue weighted by molar-refractivity contribution is 0.585. The number of nitrogens with zero attached hydrogens (tertiary/aromatic N) is 1. The van der Waals surface area contributed by atoms with Crippen LogP contribution in [-0.4, -0.2) is 5.84 Å². The number of rotatable bonds is 1. The smallest absolute Gasteiger partial charge is 0.105 e. The lowest BCUT2D eigenvalue weighted by atomic mass is 9.95. The fourth-order valence-corrected chi connectivity index (χ4v) is 0.926. The molecule has 0 saturated heterocycles. The van der Waals surface area contributed by atoms with Crippen molar-refractivity contribution < 1.29 is 0 Å². The molecule has 0 amide bonds. The van der Waals surface area contributed by atoms with E-state index in [4.69, 9.17) is 5.73 Å². The first-order chi connectivity index (χ1) is 6.39. The number of aryl methyl sites for hydroxylation is 1. The van der Waals surface area contributed by atoms with E-state index in [1.54, 1.807) is 0 Å². The van der Waals surface area contributed by atoms with Gasteiger partial charge in [0.15, 0.2) is 0 Å². The quantitative estimate of drug-likeness (QED) is 0.536. The molecule has 0 saturated carbocycles. The minimum atomic E-state index is -0.0646. The van der Waals surface area contributed by atoms with Gasteiger partial charge in [0.25, 0.3) is 0 Å². The van der Waals surface area contributed by atoms with Crippen LogP contribution in [0.4, 0.5) is 5.69 Å². The van der Waals surface area contributed by atoms with Crippen molar-refractivity contribution in [1.29, 1.82) is 0 Å². The molecule has 0 aromatic heterocycles. The second kappa shape index (κ2) is 3.82. The van der Waals surface area contributed by atoms with Gasteiger partial charge >= 0.3 is 0 Å². The standard InChI is InChI=1S/C12H18N2/c1-9-5-7-10(8-6-9)14-11(13)12(2,3)4/h5-8H,1-4H3,(H2,13,14). The van der Waals surface area contributed by atoms with Crippen molar-refractivity contribution in [2.45, 2.75) is 27.7 Å². The average Bonchev–Trinajstić information content (AvgIpc) is 2.07. The van der Waals surface area contributed by atoms with E-state index in [2.05, 4.69) is 32.7 Å². The highest BCUT2D eigenvalue weighted by Crippen LogP contribution is 2.18. The Morgan fingerprint density at radius 3 is 2.07 bits per heavy atom. The minimum absolute atomic E-state index is 0.0646. The predicted octanol–water partition coefficient (Wildman–Crippen LogP) is 3.03. The van der Waals surface area contributed by atoms with Crippen molar-refractivity contribution in [3.63, 3.8) is 0 Å². The Morgan fingerprint density at radius 2 is 1.64 bits per heavy atom. The van der Waals surface area contributed by atoms with Crippen molar-refractivity contribution in [2.24, 2.45) is 16.1 Å². The summed E-state index contributed by atoms with van der Waals surface area (Å²) in [5.74, 6) is 0.668. The van der Waals surface area contributed by atoms with Crippen LogP contribution >= 0.6 is 0 Å². The third-order valence-corrected chi connectivity index (χ3v) is 2.05. The number of benzene rings is 1. The zero-order chi connectivity index (χ0) is 10.8. The molecule has 0 aliphatic rings. The number of aliphatic imine (C=N–C) groups is 1. The first-order valence-corrected chi connectivity index (χ1v) is 4.81. The second-order valence-electron chi connectivity index (χ2n) is 4.58. The first kappa shape index (κ1) is 10.8. The van der Waals surface area contributed by atoms with E-state index in [0.717, 1.165) is 5.69 Å². The summed E-state index contributed by atoms with van der Waals surface area (Å²) < 4.78 is 0. The van der Waals surface area contributed by atoms with Crippen molar-refractivity contribution in [1.82, 2.24) is 0 Å². The number of nitrogens with two attached hydrogens (primary N) is 1. The van der Waals surface area contributed by atoms with Gasteiger partial charge in [-0.2, -0.15) is 0 Å². The molecule has 2 N–H and O–H groups in total. The van der Waals surface area contributed by atoms with E-state index in [1.165, 1.54) is 5.56 Å². The molecule has 0 atom stereocenters. The number of amidine groups is 1. The summed E-state index contributed by atoms with van der Waals surface area (Å²) in [6, 6.07) is 8.03. The summed E-state index contributed by atoms with van der Waals surface area (Å²) in [4.78, 5) is 4.37. The van der Waals surface area contributed by atoms with Gasteiger partial charge in [-0.15, -0.1) is 0 Å². The lowest BCUT2D eigenvalue weighted by Crippen LogP contribution is -2.28. The molecule has 0 heterocycles. The topological polar surface area (TPSA) is 38.4 Å². The zero-order valence-electron chi connectivity index (χ0n) is 9.33. The molecule has 0 unspecified atom stereocenters. The Morgan fingerprint density at radius 1 is 1.14 bits per heavy atom. The highest BCUT2D eigenvalue weighted by atomic mass is 14.9. The van der Waals surface area contributed by atoms with Crippen molar-refractivity contribution >= 4 is 11.5 Å². The summed E-state index contributed by atoms with van der Waals surface area (Å²) in [5, 5.41) is 0. The van der Waals surface area contributed by atoms with E-state index >= 15 is 0 Å². The fraction of sp³-hybridized carbons (Fsp3) is 0.417. The molecular weight excluding hydrogens is 172 g/mol. The van der Waals surface area contributed by atoms with Crippen molar-refractivity contribution in [3.8, 4) is 0 Å². The van der Waals surface area contributed by atoms with Crippen LogP contribution in [0.15, 0.2) is 29.3 Å². The first-order valence-electron chi connectivity index (χ1n) is 4.81. The van der Waals surface area contributed by atoms with Crippen LogP contribution in [0.2, 0.25) is 0 Å². The third-order valence-electron chi connectivity index (χ3n) is 2.05. The summed E-state index contributed by atoms with van der Waals surface area (Å²) in [6.07, 6.45) is 0. The molecule has 2 heteroatoms. The minimum Gasteiger partial charge on any atom is -0.387 e. The molecule has 0 aliphatic carbocycles. The van der Waals surface area contributed by atoms with Crippen LogP contribution in [-0.2, 0) is 0 Å². The van der Waals surface area contributed by atoms with Gasteiger partial charge in [0, 0.05) is 5.41 Å². The van der Waals surface area contributed by atoms with Gasteiger partial charge in [-0.3, -0.25) is 0 Å². The SMILES string of the molecule is Cc1ccc(N=C(N)C(C)(C)C)cc1. The molecule has 76 valence electrons. The Hall–Kier alpha value is -1.31. The van der Waals surface area contributed by atoms with Crippen molar-refractivity contribution in [3.05, 3.63) is 29.8 Å². The van der Waals surface area contributed by atoms with Crippen LogP contribution in [0.1, 0.15) is 26.3 Å². The Kier molecular flexibility index (Phi) is 2.94. The van der Waals surface area contributed by atoms with Crippen molar-refractivity contribution in [2.75, 3.05) is 0 Å². The Labute approximate surface area is 85.9 Å². The molecule has 0 radical (unpaired) electrons. The van der Waals surface area contributed by atoms with Gasteiger partial charge in [0.1, 0.15) is 5.84 Å². The lowest BCUT2D eigenvalue weighted by Gasteiger charge is -2.17. The molecule has 1 aromatic rings. The van der Waals surface area contributed by atoms with Crippen LogP contribution in [0.25, 0.3) is 0 Å². The van der Waals surface area contributed by atoms with E-state index in [0.29, 0.717) is 5.84 Å². The molecule has 0 fully saturated rings. The predicted molar refractivity (Wildman–Crippen MR) is 61.9 cm³/mol. The molecule has 14 heavy (non-hydrogen) atoms. The van der Waals surface area contributed by atoms with Gasteiger partial charge in [0.05, 0.1) is 5.69 Å². The van der Waals surface area contributed by atoms with E-state index in [9.17, 15) is 0 Å². The van der Waals surface area contributed by atoms with Crippen LogP contribution in [0.3, 0.4) is 0 Å². The van der Waals surface area contributed by atoms with Crippen LogP contribution in [0, 0.1) is 12.3 Å². The molecule has 0 aliphatic heterocycles. The molecular formula is C12H18N2. The zero-order valence-corrected chi connectivity index (χ0v) is 9.33. The van der Waals surface area contributed by atoms with E-state index in [-0.39, 0.29) is 5.41 Å². The number of hydrogen-bond donors (Lipinski definition) is 1. The molecule has 2 nitrogen and oxygen atoms in total. The maximum Gasteiger partial charge on any atom is 0.105 e. The van der Waals surface area contributed by atoms with E-state index in [1.807, 2.05) is 24.3 Å². The third kappa shape index (κ3) is 2.87. The van der Waals surface area contributed by atoms with Gasteiger partial charge in [-0.1, -0.05) is 38.5 Å². The Bertz CT molecular complexity index is 328. The maximum absolute atomic E-state index is 5.87. The van der Waals surface area contributed by atoms with Crippen LogP contribution < -0.4 is 5.73 Å². The molecule has 1 rings (SSSR count). The fourth-order valence-electron chi connectivity index (χ4n) is 0.926. The van der Waals surface area contributed by atoms with E-state index < -0.39 is 0 Å². The van der Waals surface area contributed by atoms with Gasteiger partial charge in [0.2, 0.25) is 0 Å². The summed E-state index contributed by atoms with van der Waals surface area (Å²) in [5.41, 5.74) is 7.96. The maximum atomic E-state index is 5.87. The molecule has 0 bridgehead atoms. The monoisotopic (exact) mass is 190 g/mol. The highest BCUT2D eigenvalue weighted by molar-refractivity contribution is 5.87. The largest absolute Gasteiger partial charge is 0.387 e. The molecule has 0 spiro atoms. The highest BCUT2D eigenvalue weighted by Gasteiger charge is 2.15. The average molecular weight is 190 g/mol. The second-order valence-corrected chi connectivity index (χ2v) is 4.58. The van der Waals surface area contributed by atoms with Gasteiger partial charge in [-0.25, -0.2) is 4.99 Å². The summed E-state index contributed by atoms with van der Waals surface area (Å²) >= 11 is 0. The summed E-state index contributed by atoms with van der Waals surface area (Å²) in [6.45, 7) is 8.22.